The van der Waals surface area contributed by atoms with Crippen molar-refractivity contribution < 1.29 is 18.8 Å². The molecule has 1 aromatic rings. The minimum atomic E-state index is -0.808. The molecule has 7 heteroatoms. The number of nitro benzene ring substituents is 1. The minimum Gasteiger partial charge on any atom is -0.382 e. The van der Waals surface area contributed by atoms with Crippen molar-refractivity contribution in [3.8, 4) is 0 Å². The van der Waals surface area contributed by atoms with Crippen molar-refractivity contribution in [1.82, 2.24) is 5.32 Å². The predicted octanol–water partition coefficient (Wildman–Crippen LogP) is 1.88. The van der Waals surface area contributed by atoms with Crippen LogP contribution in [0, 0.1) is 15.9 Å². The Kier molecular flexibility index (Phi) is 7.71. The smallest absolute Gasteiger partial charge is 0.304 e. The van der Waals surface area contributed by atoms with Crippen LogP contribution >= 0.6 is 0 Å². The Hall–Kier alpha value is -1.57. The molecule has 0 atom stereocenters. The zero-order valence-corrected chi connectivity index (χ0v) is 11.4. The van der Waals surface area contributed by atoms with Crippen LogP contribution in [0.25, 0.3) is 0 Å². The second-order valence-electron chi connectivity index (χ2n) is 4.18. The molecule has 112 valence electrons. The molecule has 0 radical (unpaired) electrons. The van der Waals surface area contributed by atoms with E-state index in [1.165, 1.54) is 12.1 Å². The number of nitrogens with zero attached hydrogens (tertiary/aromatic N) is 1. The van der Waals surface area contributed by atoms with E-state index in [-0.39, 0.29) is 0 Å². The fourth-order valence-electron chi connectivity index (χ4n) is 1.58. The van der Waals surface area contributed by atoms with E-state index in [4.69, 9.17) is 9.47 Å². The summed E-state index contributed by atoms with van der Waals surface area (Å²) in [5.74, 6) is -0.808. The number of nitro groups is 1. The van der Waals surface area contributed by atoms with E-state index in [9.17, 15) is 14.5 Å². The molecule has 0 fully saturated rings. The Labute approximate surface area is 117 Å². The summed E-state index contributed by atoms with van der Waals surface area (Å²) in [7, 11) is 1.62. The maximum atomic E-state index is 13.3. The van der Waals surface area contributed by atoms with Gasteiger partial charge in [0.2, 0.25) is 5.82 Å². The van der Waals surface area contributed by atoms with Crippen LogP contribution in [0.15, 0.2) is 18.2 Å². The summed E-state index contributed by atoms with van der Waals surface area (Å²) in [5, 5.41) is 13.6. The maximum Gasteiger partial charge on any atom is 0.304 e. The van der Waals surface area contributed by atoms with Gasteiger partial charge >= 0.3 is 5.69 Å². The number of halogens is 1. The molecule has 0 unspecified atom stereocenters. The van der Waals surface area contributed by atoms with Crippen molar-refractivity contribution in [2.45, 2.75) is 13.0 Å². The van der Waals surface area contributed by atoms with Gasteiger partial charge in [0.25, 0.3) is 0 Å². The van der Waals surface area contributed by atoms with E-state index in [1.54, 1.807) is 13.2 Å². The third kappa shape index (κ3) is 6.05. The molecule has 0 bridgehead atoms. The van der Waals surface area contributed by atoms with Gasteiger partial charge in [0, 0.05) is 26.3 Å². The molecule has 0 saturated carbocycles. The van der Waals surface area contributed by atoms with Crippen LogP contribution < -0.4 is 5.32 Å². The summed E-state index contributed by atoms with van der Waals surface area (Å²) in [6.07, 6.45) is 0.833. The van der Waals surface area contributed by atoms with Crippen LogP contribution in [0.1, 0.15) is 12.0 Å². The molecule has 0 aliphatic carbocycles. The van der Waals surface area contributed by atoms with Crippen molar-refractivity contribution in [1.29, 1.82) is 0 Å². The molecule has 20 heavy (non-hydrogen) atoms. The third-order valence-corrected chi connectivity index (χ3v) is 2.61. The number of methoxy groups -OCH3 is 1. The van der Waals surface area contributed by atoms with Crippen LogP contribution in [0.4, 0.5) is 10.1 Å². The highest BCUT2D eigenvalue weighted by atomic mass is 19.1. The van der Waals surface area contributed by atoms with Gasteiger partial charge in [0.1, 0.15) is 0 Å². The van der Waals surface area contributed by atoms with Crippen LogP contribution in [0.2, 0.25) is 0 Å². The lowest BCUT2D eigenvalue weighted by Gasteiger charge is -2.06. The van der Waals surface area contributed by atoms with Crippen LogP contribution in [0.5, 0.6) is 0 Å². The van der Waals surface area contributed by atoms with Gasteiger partial charge in [-0.05, 0) is 24.6 Å². The number of hydrogen-bond donors (Lipinski definition) is 1. The number of benzene rings is 1. The largest absolute Gasteiger partial charge is 0.382 e. The summed E-state index contributed by atoms with van der Waals surface area (Å²) < 4.78 is 23.5. The van der Waals surface area contributed by atoms with Gasteiger partial charge in [-0.15, -0.1) is 0 Å². The molecular weight excluding hydrogens is 267 g/mol. The second kappa shape index (κ2) is 9.35. The Morgan fingerprint density at radius 1 is 1.35 bits per heavy atom. The maximum absolute atomic E-state index is 13.3. The molecule has 1 rings (SSSR count). The lowest BCUT2D eigenvalue weighted by atomic mass is 10.2. The first-order valence-electron chi connectivity index (χ1n) is 6.35. The van der Waals surface area contributed by atoms with Gasteiger partial charge in [0.05, 0.1) is 18.1 Å². The monoisotopic (exact) mass is 286 g/mol. The molecule has 0 aliphatic heterocycles. The zero-order valence-electron chi connectivity index (χ0n) is 11.4. The molecule has 0 aromatic heterocycles. The topological polar surface area (TPSA) is 73.6 Å². The SMILES string of the molecule is COCCOCCCNCc1ccc([N+](=O)[O-])c(F)c1. The van der Waals surface area contributed by atoms with Gasteiger partial charge in [-0.2, -0.15) is 4.39 Å². The first kappa shape index (κ1) is 16.5. The quantitative estimate of drug-likeness (QED) is 0.404. The van der Waals surface area contributed by atoms with Crippen LogP contribution in [-0.4, -0.2) is 38.4 Å². The highest BCUT2D eigenvalue weighted by Gasteiger charge is 2.13. The van der Waals surface area contributed by atoms with E-state index in [2.05, 4.69) is 5.32 Å². The summed E-state index contributed by atoms with van der Waals surface area (Å²) >= 11 is 0. The summed E-state index contributed by atoms with van der Waals surface area (Å²) in [6, 6.07) is 3.91. The fourth-order valence-corrected chi connectivity index (χ4v) is 1.58. The molecule has 6 nitrogen and oxygen atoms in total. The molecule has 1 N–H and O–H groups in total. The van der Waals surface area contributed by atoms with E-state index in [0.717, 1.165) is 13.0 Å². The van der Waals surface area contributed by atoms with Crippen molar-refractivity contribution in [3.63, 3.8) is 0 Å². The lowest BCUT2D eigenvalue weighted by Crippen LogP contribution is -2.17. The Morgan fingerprint density at radius 3 is 2.80 bits per heavy atom. The number of hydrogen-bond acceptors (Lipinski definition) is 5. The molecule has 1 aromatic carbocycles. The molecular formula is C13H19FN2O4. The first-order chi connectivity index (χ1) is 9.65. The average Bonchev–Trinajstić information content (AvgIpc) is 2.41. The zero-order chi connectivity index (χ0) is 14.8. The van der Waals surface area contributed by atoms with Gasteiger partial charge in [-0.1, -0.05) is 6.07 Å². The van der Waals surface area contributed by atoms with Gasteiger partial charge in [-0.3, -0.25) is 10.1 Å². The fraction of sp³-hybridized carbons (Fsp3) is 0.538. The highest BCUT2D eigenvalue weighted by molar-refractivity contribution is 5.34. The van der Waals surface area contributed by atoms with Gasteiger partial charge in [-0.25, -0.2) is 0 Å². The van der Waals surface area contributed by atoms with Crippen molar-refractivity contribution in [3.05, 3.63) is 39.7 Å². The summed E-state index contributed by atoms with van der Waals surface area (Å²) in [5.41, 5.74) is 0.175. The number of nitrogens with one attached hydrogen (secondary N) is 1. The molecule has 0 saturated heterocycles. The van der Waals surface area contributed by atoms with E-state index in [0.29, 0.717) is 31.9 Å². The highest BCUT2D eigenvalue weighted by Crippen LogP contribution is 2.17. The normalized spacial score (nSPS) is 10.7. The molecule has 0 amide bonds. The first-order valence-corrected chi connectivity index (χ1v) is 6.35. The molecule has 0 aliphatic rings. The van der Waals surface area contributed by atoms with E-state index < -0.39 is 16.4 Å². The average molecular weight is 286 g/mol. The second-order valence-corrected chi connectivity index (χ2v) is 4.18. The van der Waals surface area contributed by atoms with Crippen molar-refractivity contribution in [2.24, 2.45) is 0 Å². The summed E-state index contributed by atoms with van der Waals surface area (Å²) in [4.78, 5) is 9.74. The number of rotatable bonds is 10. The van der Waals surface area contributed by atoms with E-state index in [1.807, 2.05) is 0 Å². The number of ether oxygens (including phenoxy) is 2. The molecule has 0 spiro atoms. The van der Waals surface area contributed by atoms with Crippen molar-refractivity contribution >= 4 is 5.69 Å². The lowest BCUT2D eigenvalue weighted by molar-refractivity contribution is -0.387. The minimum absolute atomic E-state index is 0.465. The third-order valence-electron chi connectivity index (χ3n) is 2.61. The predicted molar refractivity (Wildman–Crippen MR) is 72.1 cm³/mol. The van der Waals surface area contributed by atoms with Crippen LogP contribution in [-0.2, 0) is 16.0 Å². The Balaban J connectivity index is 2.19. The standard InChI is InChI=1S/C13H19FN2O4/c1-19-7-8-20-6-2-5-15-10-11-3-4-13(16(17)18)12(14)9-11/h3-4,9,15H,2,5-8,10H2,1H3. The van der Waals surface area contributed by atoms with E-state index >= 15 is 0 Å². The van der Waals surface area contributed by atoms with Gasteiger partial charge < -0.3 is 14.8 Å². The summed E-state index contributed by atoms with van der Waals surface area (Å²) in [6.45, 7) is 2.98. The van der Waals surface area contributed by atoms with Crippen molar-refractivity contribution in [2.75, 3.05) is 33.5 Å². The Bertz CT molecular complexity index is 429. The van der Waals surface area contributed by atoms with Crippen LogP contribution in [0.3, 0.4) is 0 Å². The Morgan fingerprint density at radius 2 is 2.15 bits per heavy atom. The molecule has 0 heterocycles. The van der Waals surface area contributed by atoms with Gasteiger partial charge in [0.15, 0.2) is 0 Å².